The van der Waals surface area contributed by atoms with Crippen molar-refractivity contribution >= 4 is 0 Å². The number of nitrogens with zero attached hydrogens (tertiary/aromatic N) is 4. The molecule has 0 amide bonds. The molecule has 0 unspecified atom stereocenters. The molecule has 0 aliphatic heterocycles. The third kappa shape index (κ3) is 8.49. The van der Waals surface area contributed by atoms with Gasteiger partial charge in [0.25, 0.3) is 0 Å². The van der Waals surface area contributed by atoms with Crippen LogP contribution in [0.2, 0.25) is 0 Å². The Labute approximate surface area is 172 Å². The standard InChI is InChI=1S/C24H38N4/c1-23(2,3)13-16-28(24(4,5)6)18-17-27(19-21-11-7-9-14-25-21)20-22-12-8-10-15-26-22/h7-12,14-15H,13,16-20H2,1-6H3. The maximum Gasteiger partial charge on any atom is 0.0544 e. The van der Waals surface area contributed by atoms with E-state index in [0.717, 1.165) is 44.1 Å². The Bertz CT molecular complexity index is 630. The summed E-state index contributed by atoms with van der Waals surface area (Å²) in [5.74, 6) is 0. The largest absolute Gasteiger partial charge is 0.297 e. The van der Waals surface area contributed by atoms with Crippen molar-refractivity contribution in [2.75, 3.05) is 19.6 Å². The molecule has 0 N–H and O–H groups in total. The van der Waals surface area contributed by atoms with Gasteiger partial charge >= 0.3 is 0 Å². The molecular formula is C24H38N4. The van der Waals surface area contributed by atoms with E-state index in [4.69, 9.17) is 0 Å². The van der Waals surface area contributed by atoms with Gasteiger partial charge in [-0.3, -0.25) is 19.8 Å². The Kier molecular flexibility index (Phi) is 8.14. The van der Waals surface area contributed by atoms with Gasteiger partial charge in [0.15, 0.2) is 0 Å². The zero-order chi connectivity index (χ0) is 20.6. The van der Waals surface area contributed by atoms with E-state index in [1.54, 1.807) is 0 Å². The number of hydrogen-bond acceptors (Lipinski definition) is 4. The minimum atomic E-state index is 0.160. The maximum absolute atomic E-state index is 4.53. The molecule has 2 aromatic rings. The average molecular weight is 383 g/mol. The van der Waals surface area contributed by atoms with E-state index in [2.05, 4.69) is 85.6 Å². The molecule has 4 heteroatoms. The van der Waals surface area contributed by atoms with Crippen LogP contribution in [0.15, 0.2) is 48.8 Å². The molecule has 0 saturated carbocycles. The van der Waals surface area contributed by atoms with Crippen molar-refractivity contribution in [3.8, 4) is 0 Å². The molecule has 4 nitrogen and oxygen atoms in total. The molecular weight excluding hydrogens is 344 g/mol. The number of rotatable bonds is 9. The maximum atomic E-state index is 4.53. The molecule has 0 aliphatic rings. The van der Waals surface area contributed by atoms with Gasteiger partial charge in [-0.05, 0) is 63.4 Å². The molecule has 2 aromatic heterocycles. The highest BCUT2D eigenvalue weighted by molar-refractivity contribution is 5.06. The Balaban J connectivity index is 2.06. The van der Waals surface area contributed by atoms with Crippen LogP contribution in [0.5, 0.6) is 0 Å². The molecule has 28 heavy (non-hydrogen) atoms. The quantitative estimate of drug-likeness (QED) is 0.610. The molecule has 0 atom stereocenters. The van der Waals surface area contributed by atoms with Crippen molar-refractivity contribution in [2.45, 2.75) is 66.6 Å². The second-order valence-corrected chi connectivity index (χ2v) is 9.82. The third-order valence-electron chi connectivity index (χ3n) is 4.99. The lowest BCUT2D eigenvalue weighted by Gasteiger charge is -2.38. The molecule has 0 aromatic carbocycles. The van der Waals surface area contributed by atoms with E-state index in [1.807, 2.05) is 24.5 Å². The first-order valence-electron chi connectivity index (χ1n) is 10.4. The normalized spacial score (nSPS) is 12.7. The van der Waals surface area contributed by atoms with Crippen LogP contribution in [0, 0.1) is 5.41 Å². The van der Waals surface area contributed by atoms with Gasteiger partial charge in [0.1, 0.15) is 0 Å². The Morgan fingerprint density at radius 1 is 0.714 bits per heavy atom. The Morgan fingerprint density at radius 3 is 1.64 bits per heavy atom. The fraction of sp³-hybridized carbons (Fsp3) is 0.583. The topological polar surface area (TPSA) is 32.3 Å². The zero-order valence-corrected chi connectivity index (χ0v) is 18.7. The van der Waals surface area contributed by atoms with E-state index in [9.17, 15) is 0 Å². The predicted molar refractivity (Wildman–Crippen MR) is 118 cm³/mol. The van der Waals surface area contributed by atoms with Gasteiger partial charge in [-0.1, -0.05) is 32.9 Å². The predicted octanol–water partition coefficient (Wildman–Crippen LogP) is 5.02. The summed E-state index contributed by atoms with van der Waals surface area (Å²) in [6.45, 7) is 18.8. The van der Waals surface area contributed by atoms with Crippen LogP contribution in [0.25, 0.3) is 0 Å². The lowest BCUT2D eigenvalue weighted by Crippen LogP contribution is -2.46. The van der Waals surface area contributed by atoms with Crippen molar-refractivity contribution in [1.29, 1.82) is 0 Å². The summed E-state index contributed by atoms with van der Waals surface area (Å²) in [6, 6.07) is 12.3. The van der Waals surface area contributed by atoms with Gasteiger partial charge in [0.05, 0.1) is 11.4 Å². The summed E-state index contributed by atoms with van der Waals surface area (Å²) in [5, 5.41) is 0. The van der Waals surface area contributed by atoms with Crippen LogP contribution >= 0.6 is 0 Å². The fourth-order valence-corrected chi connectivity index (χ4v) is 3.17. The van der Waals surface area contributed by atoms with E-state index >= 15 is 0 Å². The highest BCUT2D eigenvalue weighted by Crippen LogP contribution is 2.22. The van der Waals surface area contributed by atoms with E-state index in [-0.39, 0.29) is 5.54 Å². The van der Waals surface area contributed by atoms with Crippen LogP contribution in [-0.2, 0) is 13.1 Å². The number of pyridine rings is 2. The molecule has 0 bridgehead atoms. The summed E-state index contributed by atoms with van der Waals surface area (Å²) in [5.41, 5.74) is 2.73. The third-order valence-corrected chi connectivity index (χ3v) is 4.99. The van der Waals surface area contributed by atoms with Gasteiger partial charge in [-0.25, -0.2) is 0 Å². The second kappa shape index (κ2) is 10.1. The molecule has 2 heterocycles. The van der Waals surface area contributed by atoms with Crippen molar-refractivity contribution in [2.24, 2.45) is 5.41 Å². The van der Waals surface area contributed by atoms with Crippen molar-refractivity contribution in [3.63, 3.8) is 0 Å². The average Bonchev–Trinajstić information content (AvgIpc) is 2.61. The lowest BCUT2D eigenvalue weighted by molar-refractivity contribution is 0.0964. The SMILES string of the molecule is CC(C)(C)CCN(CCN(Cc1ccccn1)Cc1ccccn1)C(C)(C)C. The van der Waals surface area contributed by atoms with Crippen LogP contribution in [0.3, 0.4) is 0 Å². The number of aromatic nitrogens is 2. The summed E-state index contributed by atoms with van der Waals surface area (Å²) in [7, 11) is 0. The lowest BCUT2D eigenvalue weighted by atomic mass is 9.91. The minimum Gasteiger partial charge on any atom is -0.297 e. The van der Waals surface area contributed by atoms with E-state index in [0.29, 0.717) is 5.41 Å². The molecule has 0 fully saturated rings. The van der Waals surface area contributed by atoms with Crippen LogP contribution < -0.4 is 0 Å². The van der Waals surface area contributed by atoms with E-state index in [1.165, 1.54) is 6.42 Å². The summed E-state index contributed by atoms with van der Waals surface area (Å²) in [6.07, 6.45) is 4.95. The number of hydrogen-bond donors (Lipinski definition) is 0. The summed E-state index contributed by atoms with van der Waals surface area (Å²) in [4.78, 5) is 14.1. The van der Waals surface area contributed by atoms with Crippen molar-refractivity contribution in [1.82, 2.24) is 19.8 Å². The molecule has 2 rings (SSSR count). The van der Waals surface area contributed by atoms with Gasteiger partial charge in [0.2, 0.25) is 0 Å². The molecule has 0 spiro atoms. The van der Waals surface area contributed by atoms with Crippen molar-refractivity contribution < 1.29 is 0 Å². The molecule has 154 valence electrons. The molecule has 0 radical (unpaired) electrons. The van der Waals surface area contributed by atoms with Crippen molar-refractivity contribution in [3.05, 3.63) is 60.2 Å². The smallest absolute Gasteiger partial charge is 0.0544 e. The minimum absolute atomic E-state index is 0.160. The summed E-state index contributed by atoms with van der Waals surface area (Å²) >= 11 is 0. The zero-order valence-electron chi connectivity index (χ0n) is 18.7. The first-order chi connectivity index (χ1) is 13.1. The monoisotopic (exact) mass is 382 g/mol. The fourth-order valence-electron chi connectivity index (χ4n) is 3.17. The van der Waals surface area contributed by atoms with Crippen LogP contribution in [0.1, 0.15) is 59.4 Å². The van der Waals surface area contributed by atoms with E-state index < -0.39 is 0 Å². The van der Waals surface area contributed by atoms with Crippen LogP contribution in [0.4, 0.5) is 0 Å². The molecule has 0 aliphatic carbocycles. The first-order valence-corrected chi connectivity index (χ1v) is 10.4. The summed E-state index contributed by atoms with van der Waals surface area (Å²) < 4.78 is 0. The molecule has 0 saturated heterocycles. The highest BCUT2D eigenvalue weighted by Gasteiger charge is 2.24. The second-order valence-electron chi connectivity index (χ2n) is 9.82. The first kappa shape index (κ1) is 22.5. The van der Waals surface area contributed by atoms with Gasteiger partial charge in [-0.2, -0.15) is 0 Å². The van der Waals surface area contributed by atoms with Gasteiger partial charge < -0.3 is 0 Å². The van der Waals surface area contributed by atoms with Gasteiger partial charge in [0, 0.05) is 44.1 Å². The van der Waals surface area contributed by atoms with Gasteiger partial charge in [-0.15, -0.1) is 0 Å². The Morgan fingerprint density at radius 2 is 1.25 bits per heavy atom. The van der Waals surface area contributed by atoms with Crippen LogP contribution in [-0.4, -0.2) is 44.9 Å². The Hall–Kier alpha value is -1.78. The highest BCUT2D eigenvalue weighted by atomic mass is 15.2.